The molecular formula is C72H66BN3O4. The van der Waals surface area contributed by atoms with Crippen LogP contribution in [0.15, 0.2) is 218 Å². The molecule has 396 valence electrons. The Morgan fingerprint density at radius 2 is 0.475 bits per heavy atom. The molecule has 0 radical (unpaired) electrons. The Morgan fingerprint density at radius 1 is 0.275 bits per heavy atom. The van der Waals surface area contributed by atoms with Crippen molar-refractivity contribution in [3.8, 4) is 34.8 Å². The predicted octanol–water partition coefficient (Wildman–Crippen LogP) is 15.9. The van der Waals surface area contributed by atoms with E-state index in [2.05, 4.69) is 238 Å². The van der Waals surface area contributed by atoms with Crippen molar-refractivity contribution >= 4 is 74.3 Å². The second-order valence-corrected chi connectivity index (χ2v) is 20.3. The molecule has 10 aromatic carbocycles. The van der Waals surface area contributed by atoms with Crippen molar-refractivity contribution in [1.29, 1.82) is 0 Å². The Labute approximate surface area is 473 Å². The summed E-state index contributed by atoms with van der Waals surface area (Å²) in [6.45, 7) is 13.5. The molecule has 80 heavy (non-hydrogen) atoms. The Balaban J connectivity index is 1.00. The van der Waals surface area contributed by atoms with Crippen molar-refractivity contribution in [1.82, 2.24) is 0 Å². The summed E-state index contributed by atoms with van der Waals surface area (Å²) in [6, 6.07) is 76.5. The minimum atomic E-state index is 0.0999. The van der Waals surface area contributed by atoms with Gasteiger partial charge in [-0.1, -0.05) is 98.0 Å². The van der Waals surface area contributed by atoms with Crippen LogP contribution < -0.4 is 50.0 Å². The lowest BCUT2D eigenvalue weighted by Gasteiger charge is -2.29. The molecule has 10 rings (SSSR count). The molecule has 0 aromatic heterocycles. The second-order valence-electron chi connectivity index (χ2n) is 20.3. The van der Waals surface area contributed by atoms with E-state index < -0.39 is 0 Å². The van der Waals surface area contributed by atoms with Crippen LogP contribution in [0.2, 0.25) is 0 Å². The number of rotatable bonds is 16. The normalized spacial score (nSPS) is 10.8. The highest BCUT2D eigenvalue weighted by Crippen LogP contribution is 2.42. The van der Waals surface area contributed by atoms with E-state index in [0.29, 0.717) is 0 Å². The predicted molar refractivity (Wildman–Crippen MR) is 335 cm³/mol. The largest absolute Gasteiger partial charge is 0.497 e. The summed E-state index contributed by atoms with van der Waals surface area (Å²) in [7, 11) is 6.74. The average Bonchev–Trinajstić information content (AvgIpc) is 3.53. The Hall–Kier alpha value is -9.58. The molecule has 0 aliphatic heterocycles. The molecule has 0 amide bonds. The van der Waals surface area contributed by atoms with Crippen molar-refractivity contribution in [3.05, 3.63) is 263 Å². The van der Waals surface area contributed by atoms with Crippen molar-refractivity contribution in [2.24, 2.45) is 0 Å². The van der Waals surface area contributed by atoms with Crippen LogP contribution in [0.1, 0.15) is 44.5 Å². The minimum Gasteiger partial charge on any atom is -0.497 e. The van der Waals surface area contributed by atoms with Gasteiger partial charge in [-0.05, 0) is 224 Å². The third-order valence-electron chi connectivity index (χ3n) is 14.8. The monoisotopic (exact) mass is 1050 g/mol. The van der Waals surface area contributed by atoms with Gasteiger partial charge < -0.3 is 33.6 Å². The van der Waals surface area contributed by atoms with Gasteiger partial charge in [0, 0.05) is 62.3 Å². The molecule has 0 unspecified atom stereocenters. The summed E-state index contributed by atoms with van der Waals surface area (Å²) in [5.41, 5.74) is 22.6. The van der Waals surface area contributed by atoms with E-state index in [1.807, 2.05) is 48.5 Å². The van der Waals surface area contributed by atoms with Gasteiger partial charge in [-0.25, -0.2) is 0 Å². The molecule has 0 aliphatic carbocycles. The highest BCUT2D eigenvalue weighted by Gasteiger charge is 2.28. The molecule has 10 aromatic rings. The molecule has 0 aliphatic rings. The number of benzene rings is 10. The number of hydrogen-bond acceptors (Lipinski definition) is 7. The lowest BCUT2D eigenvalue weighted by Crippen LogP contribution is -2.55. The summed E-state index contributed by atoms with van der Waals surface area (Å²) in [4.78, 5) is 6.74. The second kappa shape index (κ2) is 24.0. The smallest absolute Gasteiger partial charge is 0.242 e. The fourth-order valence-corrected chi connectivity index (χ4v) is 11.1. The zero-order chi connectivity index (χ0) is 55.9. The molecule has 0 saturated heterocycles. The Bertz CT molecular complexity index is 3450. The van der Waals surface area contributed by atoms with Crippen LogP contribution in [0.5, 0.6) is 23.0 Å². The topological polar surface area (TPSA) is 46.6 Å². The number of hydrogen-bond donors (Lipinski definition) is 0. The summed E-state index contributed by atoms with van der Waals surface area (Å²) >= 11 is 0. The van der Waals surface area contributed by atoms with Crippen molar-refractivity contribution in [2.45, 2.75) is 41.5 Å². The first-order valence-electron chi connectivity index (χ1n) is 27.0. The van der Waals surface area contributed by atoms with Crippen LogP contribution in [0.3, 0.4) is 0 Å². The molecule has 0 atom stereocenters. The average molecular weight is 1050 g/mol. The third kappa shape index (κ3) is 11.6. The first-order chi connectivity index (χ1) is 38.9. The Morgan fingerprint density at radius 3 is 0.700 bits per heavy atom. The number of anilines is 9. The van der Waals surface area contributed by atoms with Crippen molar-refractivity contribution in [2.75, 3.05) is 43.1 Å². The van der Waals surface area contributed by atoms with Crippen molar-refractivity contribution in [3.63, 3.8) is 0 Å². The van der Waals surface area contributed by atoms with E-state index in [1.54, 1.807) is 28.4 Å². The van der Waals surface area contributed by atoms with Gasteiger partial charge >= 0.3 is 0 Å². The number of ether oxygens (including phenoxy) is 4. The Kier molecular flexibility index (Phi) is 16.1. The summed E-state index contributed by atoms with van der Waals surface area (Å²) in [5.74, 6) is 10.1. The molecule has 0 N–H and O–H groups in total. The molecule has 0 spiro atoms. The fourth-order valence-electron chi connectivity index (χ4n) is 11.1. The first-order valence-corrected chi connectivity index (χ1v) is 27.0. The summed E-state index contributed by atoms with van der Waals surface area (Å²) < 4.78 is 22.1. The van der Waals surface area contributed by atoms with Gasteiger partial charge in [-0.15, -0.1) is 0 Å². The lowest BCUT2D eigenvalue weighted by molar-refractivity contribution is 0.414. The van der Waals surface area contributed by atoms with Crippen LogP contribution in [0.4, 0.5) is 51.2 Å². The number of nitrogens with zero attached hydrogens (tertiary/aromatic N) is 3. The maximum Gasteiger partial charge on any atom is 0.242 e. The fraction of sp³-hybridized carbons (Fsp3) is 0.139. The van der Waals surface area contributed by atoms with Crippen molar-refractivity contribution < 1.29 is 18.9 Å². The van der Waals surface area contributed by atoms with E-state index in [-0.39, 0.29) is 6.71 Å². The first kappa shape index (κ1) is 53.8. The third-order valence-corrected chi connectivity index (χ3v) is 14.8. The molecule has 8 heteroatoms. The standard InChI is InChI=1S/C72H66BN3O4/c1-49-45-51(3)71(52(4)46-49)73(72-53(5)47-50(2)48-54(72)6)57-17-13-55(14-18-57)11-12-56-15-19-58(20-16-56)74(59-21-25-61(26-22-59)75(63-29-37-67(77-7)38-30-63)64-31-39-68(78-8)40-32-64)60-23-27-62(28-24-60)76(65-33-41-69(79-9)42-34-65)66-35-43-70(80-10)44-36-66/h13-48H,1-10H3. The maximum atomic E-state index is 5.53. The van der Waals surface area contributed by atoms with E-state index in [0.717, 1.165) is 85.3 Å². The molecule has 7 nitrogen and oxygen atoms in total. The molecule has 0 saturated carbocycles. The quantitative estimate of drug-likeness (QED) is 0.0706. The zero-order valence-electron chi connectivity index (χ0n) is 47.3. The van der Waals surface area contributed by atoms with Gasteiger partial charge in [0.1, 0.15) is 23.0 Å². The van der Waals surface area contributed by atoms with Gasteiger partial charge in [-0.3, -0.25) is 0 Å². The summed E-state index contributed by atoms with van der Waals surface area (Å²) in [5, 5.41) is 0. The molecule has 0 fully saturated rings. The van der Waals surface area contributed by atoms with Crippen LogP contribution in [-0.2, 0) is 0 Å². The lowest BCUT2D eigenvalue weighted by atomic mass is 9.34. The van der Waals surface area contributed by atoms with Gasteiger partial charge in [0.25, 0.3) is 0 Å². The molecule has 0 bridgehead atoms. The van der Waals surface area contributed by atoms with Gasteiger partial charge in [0.05, 0.1) is 28.4 Å². The van der Waals surface area contributed by atoms with Crippen LogP contribution in [0, 0.1) is 53.4 Å². The van der Waals surface area contributed by atoms with Gasteiger partial charge in [0.2, 0.25) is 6.71 Å². The maximum absolute atomic E-state index is 5.53. The summed E-state index contributed by atoms with van der Waals surface area (Å²) in [6.07, 6.45) is 0. The minimum absolute atomic E-state index is 0.0999. The van der Waals surface area contributed by atoms with Gasteiger partial charge in [0.15, 0.2) is 0 Å². The van der Waals surface area contributed by atoms with Crippen LogP contribution >= 0.6 is 0 Å². The van der Waals surface area contributed by atoms with E-state index in [1.165, 1.54) is 49.8 Å². The SMILES string of the molecule is COc1ccc(N(c2ccc(OC)cc2)c2ccc(N(c3ccc(C#Cc4ccc(B(c5c(C)cc(C)cc5C)c5c(C)cc(C)cc5C)cc4)cc3)c3ccc(N(c4ccc(OC)cc4)c4ccc(OC)cc4)cc3)cc2)cc1. The van der Waals surface area contributed by atoms with E-state index >= 15 is 0 Å². The highest BCUT2D eigenvalue weighted by molar-refractivity contribution is 6.96. The molecule has 0 heterocycles. The van der Waals surface area contributed by atoms with E-state index in [4.69, 9.17) is 18.9 Å². The van der Waals surface area contributed by atoms with Crippen LogP contribution in [-0.4, -0.2) is 35.2 Å². The number of methoxy groups -OCH3 is 4. The highest BCUT2D eigenvalue weighted by atomic mass is 16.5. The van der Waals surface area contributed by atoms with E-state index in [9.17, 15) is 0 Å². The van der Waals surface area contributed by atoms with Gasteiger partial charge in [-0.2, -0.15) is 0 Å². The van der Waals surface area contributed by atoms with Crippen LogP contribution in [0.25, 0.3) is 0 Å². The zero-order valence-corrected chi connectivity index (χ0v) is 47.3. The number of aryl methyl sites for hydroxylation is 6. The molecular weight excluding hydrogens is 982 g/mol.